The molecule has 0 saturated carbocycles. The second kappa shape index (κ2) is 6.20. The molecule has 1 saturated heterocycles. The summed E-state index contributed by atoms with van der Waals surface area (Å²) >= 11 is 1.69. The number of ether oxygens (including phenoxy) is 1. The molecule has 1 aromatic carbocycles. The maximum atomic E-state index is 5.39. The zero-order valence-electron chi connectivity index (χ0n) is 12.2. The number of nitrogens with zero attached hydrogens (tertiary/aromatic N) is 5. The summed E-state index contributed by atoms with van der Waals surface area (Å²) in [4.78, 5) is 2.33. The van der Waals surface area contributed by atoms with Gasteiger partial charge >= 0.3 is 0 Å². The van der Waals surface area contributed by atoms with Crippen LogP contribution in [0.3, 0.4) is 0 Å². The maximum Gasteiger partial charge on any atom is 0.212 e. The van der Waals surface area contributed by atoms with Crippen molar-refractivity contribution in [2.24, 2.45) is 5.10 Å². The molecule has 7 heteroatoms. The van der Waals surface area contributed by atoms with Crippen LogP contribution in [0.1, 0.15) is 11.4 Å². The molecule has 0 unspecified atom stereocenters. The highest BCUT2D eigenvalue weighted by atomic mass is 32.2. The Kier molecular flexibility index (Phi) is 3.92. The lowest BCUT2D eigenvalue weighted by molar-refractivity contribution is 0.0325. The molecule has 1 fully saturated rings. The lowest BCUT2D eigenvalue weighted by Crippen LogP contribution is -2.36. The minimum absolute atomic E-state index is 0.766. The summed E-state index contributed by atoms with van der Waals surface area (Å²) < 4.78 is 7.29. The topological polar surface area (TPSA) is 55.5 Å². The minimum Gasteiger partial charge on any atom is -0.379 e. The van der Waals surface area contributed by atoms with E-state index in [1.165, 1.54) is 0 Å². The van der Waals surface area contributed by atoms with E-state index in [-0.39, 0.29) is 0 Å². The number of rotatable bonds is 3. The molecule has 0 bridgehead atoms. The summed E-state index contributed by atoms with van der Waals surface area (Å²) in [7, 11) is 0. The van der Waals surface area contributed by atoms with E-state index in [4.69, 9.17) is 9.84 Å². The minimum atomic E-state index is 0.766. The summed E-state index contributed by atoms with van der Waals surface area (Å²) in [5.74, 6) is 1.73. The lowest BCUT2D eigenvalue weighted by atomic mass is 10.1. The molecule has 0 aliphatic carbocycles. The van der Waals surface area contributed by atoms with E-state index >= 15 is 0 Å². The lowest BCUT2D eigenvalue weighted by Gasteiger charge is -2.26. The predicted molar refractivity (Wildman–Crippen MR) is 85.2 cm³/mol. The van der Waals surface area contributed by atoms with Crippen molar-refractivity contribution in [3.8, 4) is 0 Å². The van der Waals surface area contributed by atoms with Crippen molar-refractivity contribution in [1.29, 1.82) is 0 Å². The zero-order valence-corrected chi connectivity index (χ0v) is 13.0. The van der Waals surface area contributed by atoms with Crippen LogP contribution >= 0.6 is 11.8 Å². The molecular formula is C15H17N5OS. The number of aromatic nitrogens is 3. The number of thioether (sulfide) groups is 1. The zero-order chi connectivity index (χ0) is 14.8. The van der Waals surface area contributed by atoms with Gasteiger partial charge < -0.3 is 4.74 Å². The fourth-order valence-corrected chi connectivity index (χ4v) is 3.46. The first kappa shape index (κ1) is 13.9. The molecule has 22 heavy (non-hydrogen) atoms. The van der Waals surface area contributed by atoms with Crippen LogP contribution in [0.2, 0.25) is 0 Å². The molecule has 2 aliphatic rings. The number of benzene rings is 1. The standard InChI is InChI=1S/C15H17N5OS/c1-2-4-12(5-3-1)13-11-22-15-17-16-14(20(15)18-13)10-19-6-8-21-9-7-19/h1-5H,6-11H2. The third-order valence-corrected chi connectivity index (χ3v) is 4.74. The van der Waals surface area contributed by atoms with Gasteiger partial charge in [-0.3, -0.25) is 4.90 Å². The fourth-order valence-electron chi connectivity index (χ4n) is 2.60. The first-order valence-corrected chi connectivity index (χ1v) is 8.39. The molecule has 0 amide bonds. The van der Waals surface area contributed by atoms with E-state index < -0.39 is 0 Å². The summed E-state index contributed by atoms with van der Waals surface area (Å²) in [5.41, 5.74) is 2.23. The van der Waals surface area contributed by atoms with Crippen LogP contribution in [0.15, 0.2) is 40.6 Å². The van der Waals surface area contributed by atoms with E-state index in [2.05, 4.69) is 27.2 Å². The highest BCUT2D eigenvalue weighted by Crippen LogP contribution is 2.24. The number of fused-ring (bicyclic) bond motifs is 1. The highest BCUT2D eigenvalue weighted by molar-refractivity contribution is 7.99. The molecule has 0 radical (unpaired) electrons. The van der Waals surface area contributed by atoms with Gasteiger partial charge in [0.25, 0.3) is 0 Å². The molecule has 0 spiro atoms. The van der Waals surface area contributed by atoms with Gasteiger partial charge in [-0.2, -0.15) is 9.78 Å². The van der Waals surface area contributed by atoms with Crippen LogP contribution in [0.4, 0.5) is 0 Å². The third-order valence-electron chi connectivity index (χ3n) is 3.81. The van der Waals surface area contributed by atoms with Crippen LogP contribution < -0.4 is 0 Å². The van der Waals surface area contributed by atoms with Crippen molar-refractivity contribution in [3.05, 3.63) is 41.7 Å². The van der Waals surface area contributed by atoms with E-state index in [0.29, 0.717) is 0 Å². The van der Waals surface area contributed by atoms with Crippen molar-refractivity contribution in [2.75, 3.05) is 32.1 Å². The summed E-state index contributed by atoms with van der Waals surface area (Å²) in [6.07, 6.45) is 0. The van der Waals surface area contributed by atoms with Crippen LogP contribution in [0.25, 0.3) is 0 Å². The first-order chi connectivity index (χ1) is 10.9. The maximum absolute atomic E-state index is 5.39. The monoisotopic (exact) mass is 315 g/mol. The molecule has 4 rings (SSSR count). The molecule has 1 aromatic heterocycles. The predicted octanol–water partition coefficient (Wildman–Crippen LogP) is 1.47. The van der Waals surface area contributed by atoms with Gasteiger partial charge in [0.15, 0.2) is 5.82 Å². The quantitative estimate of drug-likeness (QED) is 0.858. The average molecular weight is 315 g/mol. The van der Waals surface area contributed by atoms with Crippen LogP contribution in [0.5, 0.6) is 0 Å². The molecule has 3 heterocycles. The van der Waals surface area contributed by atoms with Crippen molar-refractivity contribution in [2.45, 2.75) is 11.7 Å². The van der Waals surface area contributed by atoms with Gasteiger partial charge in [0.05, 0.1) is 25.5 Å². The highest BCUT2D eigenvalue weighted by Gasteiger charge is 2.21. The molecule has 2 aliphatic heterocycles. The largest absolute Gasteiger partial charge is 0.379 e. The second-order valence-electron chi connectivity index (χ2n) is 5.30. The van der Waals surface area contributed by atoms with Crippen LogP contribution in [-0.2, 0) is 11.3 Å². The van der Waals surface area contributed by atoms with Gasteiger partial charge in [-0.05, 0) is 5.56 Å². The van der Waals surface area contributed by atoms with E-state index in [1.807, 2.05) is 22.9 Å². The van der Waals surface area contributed by atoms with Gasteiger partial charge in [-0.25, -0.2) is 0 Å². The Morgan fingerprint density at radius 1 is 1.09 bits per heavy atom. The SMILES string of the molecule is c1ccc(C2=Nn3c(CN4CCOCC4)nnc3SC2)cc1. The van der Waals surface area contributed by atoms with Gasteiger partial charge in [0, 0.05) is 18.8 Å². The first-order valence-electron chi connectivity index (χ1n) is 7.40. The van der Waals surface area contributed by atoms with Crippen LogP contribution in [0, 0.1) is 0 Å². The Balaban J connectivity index is 1.60. The van der Waals surface area contributed by atoms with Gasteiger partial charge in [-0.15, -0.1) is 10.2 Å². The number of morpholine rings is 1. The second-order valence-corrected chi connectivity index (χ2v) is 6.24. The van der Waals surface area contributed by atoms with Gasteiger partial charge in [0.2, 0.25) is 5.16 Å². The van der Waals surface area contributed by atoms with Crippen molar-refractivity contribution >= 4 is 17.5 Å². The molecular weight excluding hydrogens is 298 g/mol. The molecule has 0 N–H and O–H groups in total. The van der Waals surface area contributed by atoms with Crippen molar-refractivity contribution in [1.82, 2.24) is 19.8 Å². The Labute approximate surface area is 133 Å². The van der Waals surface area contributed by atoms with Gasteiger partial charge in [0.1, 0.15) is 0 Å². The molecule has 114 valence electrons. The average Bonchev–Trinajstić information content (AvgIpc) is 2.99. The van der Waals surface area contributed by atoms with Crippen molar-refractivity contribution < 1.29 is 4.74 Å². The number of hydrogen-bond acceptors (Lipinski definition) is 6. The Morgan fingerprint density at radius 3 is 2.73 bits per heavy atom. The van der Waals surface area contributed by atoms with Crippen molar-refractivity contribution in [3.63, 3.8) is 0 Å². The fraction of sp³-hybridized carbons (Fsp3) is 0.400. The molecule has 2 aromatic rings. The molecule has 0 atom stereocenters. The summed E-state index contributed by atoms with van der Waals surface area (Å²) in [5, 5.41) is 14.2. The van der Waals surface area contributed by atoms with E-state index in [9.17, 15) is 0 Å². The number of hydrogen-bond donors (Lipinski definition) is 0. The normalized spacial score (nSPS) is 18.8. The smallest absolute Gasteiger partial charge is 0.212 e. The van der Waals surface area contributed by atoms with E-state index in [1.54, 1.807) is 11.8 Å². The Bertz CT molecular complexity index is 678. The Morgan fingerprint density at radius 2 is 1.91 bits per heavy atom. The molecule has 6 nitrogen and oxygen atoms in total. The Hall–Kier alpha value is -1.70. The third kappa shape index (κ3) is 2.79. The van der Waals surface area contributed by atoms with Gasteiger partial charge in [-0.1, -0.05) is 42.1 Å². The van der Waals surface area contributed by atoms with E-state index in [0.717, 1.165) is 60.9 Å². The summed E-state index contributed by atoms with van der Waals surface area (Å²) in [6, 6.07) is 10.3. The summed E-state index contributed by atoms with van der Waals surface area (Å²) in [6.45, 7) is 4.21. The van der Waals surface area contributed by atoms with Crippen LogP contribution in [-0.4, -0.2) is 57.5 Å².